The highest BCUT2D eigenvalue weighted by Gasteiger charge is 2.48. The minimum Gasteiger partial charge on any atom is -0.483 e. The van der Waals surface area contributed by atoms with Crippen molar-refractivity contribution >= 4 is 5.78 Å². The first kappa shape index (κ1) is 13.2. The van der Waals surface area contributed by atoms with E-state index in [9.17, 15) is 10.1 Å². The zero-order chi connectivity index (χ0) is 14.4. The second kappa shape index (κ2) is 4.34. The van der Waals surface area contributed by atoms with Gasteiger partial charge in [0.2, 0.25) is 0 Å². The summed E-state index contributed by atoms with van der Waals surface area (Å²) < 4.78 is 6.25. The van der Waals surface area contributed by atoms with Gasteiger partial charge in [0, 0.05) is 11.8 Å². The molecule has 3 aliphatic rings. The van der Waals surface area contributed by atoms with E-state index in [1.54, 1.807) is 6.08 Å². The van der Waals surface area contributed by atoms with Crippen LogP contribution in [0.1, 0.15) is 46.0 Å². The smallest absolute Gasteiger partial charge is 0.178 e. The van der Waals surface area contributed by atoms with Crippen LogP contribution >= 0.6 is 0 Å². The Morgan fingerprint density at radius 2 is 2.15 bits per heavy atom. The molecule has 1 spiro atoms. The molecule has 2 aliphatic carbocycles. The van der Waals surface area contributed by atoms with Crippen LogP contribution < -0.4 is 0 Å². The van der Waals surface area contributed by atoms with Gasteiger partial charge < -0.3 is 4.74 Å². The predicted molar refractivity (Wildman–Crippen MR) is 75.6 cm³/mol. The highest BCUT2D eigenvalue weighted by atomic mass is 16.5. The highest BCUT2D eigenvalue weighted by Crippen LogP contribution is 2.47. The fraction of sp³-hybridized carbons (Fsp3) is 0.529. The molecule has 0 aromatic heterocycles. The summed E-state index contributed by atoms with van der Waals surface area (Å²) in [6.45, 7) is 3.82. The van der Waals surface area contributed by atoms with Crippen molar-refractivity contribution in [2.45, 2.75) is 51.6 Å². The Morgan fingerprint density at radius 3 is 2.90 bits per heavy atom. The molecule has 1 aliphatic heterocycles. The second-order valence-electron chi connectivity index (χ2n) is 6.64. The molecule has 3 rings (SSSR count). The van der Waals surface area contributed by atoms with Crippen LogP contribution in [0.3, 0.4) is 0 Å². The Kier molecular flexibility index (Phi) is 2.86. The summed E-state index contributed by atoms with van der Waals surface area (Å²) >= 11 is 0. The standard InChI is InChI=1S/C17H19NO2/c1-16(2)11-17(9-13(10-18)15(16)19)8-7-12-5-3-4-6-14(12)20-17/h4,6,9H,3,5,7-8,11H2,1-2H3. The summed E-state index contributed by atoms with van der Waals surface area (Å²) in [5.41, 5.74) is 0.615. The number of hydrogen-bond donors (Lipinski definition) is 0. The van der Waals surface area contributed by atoms with Crippen molar-refractivity contribution in [3.8, 4) is 6.07 Å². The summed E-state index contributed by atoms with van der Waals surface area (Å²) in [4.78, 5) is 12.2. The van der Waals surface area contributed by atoms with Crippen LogP contribution in [-0.2, 0) is 9.53 Å². The minimum absolute atomic E-state index is 0.0619. The lowest BCUT2D eigenvalue weighted by Crippen LogP contribution is -2.45. The molecular formula is C17H19NO2. The Labute approximate surface area is 119 Å². The zero-order valence-electron chi connectivity index (χ0n) is 12.0. The second-order valence-corrected chi connectivity index (χ2v) is 6.64. The number of hydrogen-bond acceptors (Lipinski definition) is 3. The fourth-order valence-corrected chi connectivity index (χ4v) is 3.56. The molecule has 0 amide bonds. The highest BCUT2D eigenvalue weighted by molar-refractivity contribution is 6.03. The number of nitrogens with zero attached hydrogens (tertiary/aromatic N) is 1. The third-order valence-electron chi connectivity index (χ3n) is 4.52. The molecule has 0 saturated heterocycles. The van der Waals surface area contributed by atoms with Gasteiger partial charge in [-0.2, -0.15) is 5.26 Å². The number of rotatable bonds is 0. The lowest BCUT2D eigenvalue weighted by Gasteiger charge is -2.44. The van der Waals surface area contributed by atoms with Crippen molar-refractivity contribution in [3.63, 3.8) is 0 Å². The Bertz CT molecular complexity index is 601. The molecule has 20 heavy (non-hydrogen) atoms. The summed E-state index contributed by atoms with van der Waals surface area (Å²) in [6.07, 6.45) is 10.6. The van der Waals surface area contributed by atoms with Crippen LogP contribution in [-0.4, -0.2) is 11.4 Å². The topological polar surface area (TPSA) is 50.1 Å². The first-order valence-corrected chi connectivity index (χ1v) is 7.21. The van der Waals surface area contributed by atoms with Gasteiger partial charge in [-0.05, 0) is 43.4 Å². The molecule has 0 aromatic carbocycles. The Balaban J connectivity index is 2.00. The molecule has 0 radical (unpaired) electrons. The number of nitriles is 1. The monoisotopic (exact) mass is 269 g/mol. The SMILES string of the molecule is CC1(C)CC2(C=C(C#N)C1=O)CCC1=C(C=CCC1)O2. The molecule has 1 unspecified atom stereocenters. The molecule has 1 heterocycles. The van der Waals surface area contributed by atoms with E-state index in [0.29, 0.717) is 6.42 Å². The van der Waals surface area contributed by atoms with Crippen molar-refractivity contribution in [3.05, 3.63) is 35.1 Å². The van der Waals surface area contributed by atoms with Gasteiger partial charge in [-0.25, -0.2) is 0 Å². The number of allylic oxidation sites excluding steroid dienone is 4. The fourth-order valence-electron chi connectivity index (χ4n) is 3.56. The van der Waals surface area contributed by atoms with Gasteiger partial charge in [-0.15, -0.1) is 0 Å². The van der Waals surface area contributed by atoms with Crippen LogP contribution in [0.4, 0.5) is 0 Å². The molecule has 104 valence electrons. The largest absolute Gasteiger partial charge is 0.483 e. The van der Waals surface area contributed by atoms with E-state index < -0.39 is 11.0 Å². The van der Waals surface area contributed by atoms with Crippen molar-refractivity contribution in [1.29, 1.82) is 5.26 Å². The number of Topliss-reactive ketones (excluding diaryl/α,β-unsaturated/α-hetero) is 1. The zero-order valence-corrected chi connectivity index (χ0v) is 12.0. The van der Waals surface area contributed by atoms with E-state index in [2.05, 4.69) is 12.1 Å². The summed E-state index contributed by atoms with van der Waals surface area (Å²) in [6, 6.07) is 2.05. The number of carbonyl (C=O) groups excluding carboxylic acids is 1. The van der Waals surface area contributed by atoms with Crippen LogP contribution in [0.15, 0.2) is 35.1 Å². The predicted octanol–water partition coefficient (Wildman–Crippen LogP) is 3.59. The molecule has 0 saturated carbocycles. The first-order chi connectivity index (χ1) is 9.46. The average Bonchev–Trinajstić information content (AvgIpc) is 2.42. The maximum atomic E-state index is 12.2. The molecule has 0 aromatic rings. The maximum absolute atomic E-state index is 12.2. The van der Waals surface area contributed by atoms with E-state index in [-0.39, 0.29) is 11.4 Å². The van der Waals surface area contributed by atoms with Gasteiger partial charge in [0.05, 0.1) is 5.57 Å². The van der Waals surface area contributed by atoms with E-state index in [1.165, 1.54) is 5.57 Å². The van der Waals surface area contributed by atoms with E-state index in [1.807, 2.05) is 19.9 Å². The van der Waals surface area contributed by atoms with Crippen LogP contribution in [0.25, 0.3) is 0 Å². The first-order valence-electron chi connectivity index (χ1n) is 7.21. The van der Waals surface area contributed by atoms with E-state index in [4.69, 9.17) is 4.74 Å². The van der Waals surface area contributed by atoms with Gasteiger partial charge in [0.25, 0.3) is 0 Å². The van der Waals surface area contributed by atoms with Crippen molar-refractivity contribution < 1.29 is 9.53 Å². The molecule has 0 fully saturated rings. The number of ketones is 1. The molecular weight excluding hydrogens is 250 g/mol. The van der Waals surface area contributed by atoms with Crippen molar-refractivity contribution in [2.75, 3.05) is 0 Å². The number of carbonyl (C=O) groups is 1. The lowest BCUT2D eigenvalue weighted by molar-refractivity contribution is -0.128. The Hall–Kier alpha value is -1.82. The van der Waals surface area contributed by atoms with Gasteiger partial charge in [0.15, 0.2) is 5.78 Å². The summed E-state index contributed by atoms with van der Waals surface area (Å²) in [7, 11) is 0. The average molecular weight is 269 g/mol. The normalized spacial score (nSPS) is 31.4. The quantitative estimate of drug-likeness (QED) is 0.675. The van der Waals surface area contributed by atoms with E-state index in [0.717, 1.165) is 31.4 Å². The van der Waals surface area contributed by atoms with Crippen LogP contribution in [0.2, 0.25) is 0 Å². The summed E-state index contributed by atoms with van der Waals surface area (Å²) in [5, 5.41) is 9.22. The maximum Gasteiger partial charge on any atom is 0.178 e. The lowest BCUT2D eigenvalue weighted by atomic mass is 9.67. The molecule has 0 N–H and O–H groups in total. The number of ether oxygens (including phenoxy) is 1. The minimum atomic E-state index is -0.531. The van der Waals surface area contributed by atoms with Crippen molar-refractivity contribution in [1.82, 2.24) is 0 Å². The van der Waals surface area contributed by atoms with Gasteiger partial charge in [-0.3, -0.25) is 4.79 Å². The van der Waals surface area contributed by atoms with Gasteiger partial charge >= 0.3 is 0 Å². The van der Waals surface area contributed by atoms with Crippen LogP contribution in [0, 0.1) is 16.7 Å². The van der Waals surface area contributed by atoms with Crippen molar-refractivity contribution in [2.24, 2.45) is 5.41 Å². The van der Waals surface area contributed by atoms with Gasteiger partial charge in [-0.1, -0.05) is 19.9 Å². The Morgan fingerprint density at radius 1 is 1.35 bits per heavy atom. The molecule has 3 nitrogen and oxygen atoms in total. The molecule has 3 heteroatoms. The van der Waals surface area contributed by atoms with E-state index >= 15 is 0 Å². The third kappa shape index (κ3) is 2.00. The summed E-state index contributed by atoms with van der Waals surface area (Å²) in [5.74, 6) is 0.898. The van der Waals surface area contributed by atoms with Gasteiger partial charge in [0.1, 0.15) is 17.4 Å². The molecule has 0 bridgehead atoms. The third-order valence-corrected chi connectivity index (χ3v) is 4.52. The van der Waals surface area contributed by atoms with Crippen LogP contribution in [0.5, 0.6) is 0 Å². The molecule has 1 atom stereocenters.